The second kappa shape index (κ2) is 3.91. The van der Waals surface area contributed by atoms with Crippen molar-refractivity contribution in [3.8, 4) is 0 Å². The summed E-state index contributed by atoms with van der Waals surface area (Å²) in [6.07, 6.45) is 1.61. The number of aliphatic hydroxyl groups is 2. The second-order valence-electron chi connectivity index (χ2n) is 2.18. The minimum Gasteiger partial charge on any atom is -0.365 e. The van der Waals surface area contributed by atoms with Gasteiger partial charge < -0.3 is 10.2 Å². The average Bonchev–Trinajstić information content (AvgIpc) is 2.03. The van der Waals surface area contributed by atoms with E-state index >= 15 is 0 Å². The summed E-state index contributed by atoms with van der Waals surface area (Å²) < 4.78 is 0. The highest BCUT2D eigenvalue weighted by atomic mass is 16.5. The molecular formula is C9H10O2. The number of aliphatic hydroxyl groups excluding tert-OH is 1. The Bertz CT molecular complexity index is 227. The van der Waals surface area contributed by atoms with E-state index in [1.807, 2.05) is 30.3 Å². The standard InChI is InChI=1S/C9H10O2/c10-9(11)7-6-8-4-2-1-3-5-8/h1-7,9-11H. The Labute approximate surface area is 65.4 Å². The Hall–Kier alpha value is -1.12. The van der Waals surface area contributed by atoms with E-state index < -0.39 is 6.29 Å². The maximum Gasteiger partial charge on any atom is 0.171 e. The summed E-state index contributed by atoms with van der Waals surface area (Å²) in [5.41, 5.74) is 0.959. The van der Waals surface area contributed by atoms with E-state index in [-0.39, 0.29) is 0 Å². The topological polar surface area (TPSA) is 40.5 Å². The molecule has 0 amide bonds. The SMILES string of the molecule is OC(O)C=Cc1ccccc1. The van der Waals surface area contributed by atoms with Gasteiger partial charge in [0.05, 0.1) is 0 Å². The molecule has 0 fully saturated rings. The third-order valence-corrected chi connectivity index (χ3v) is 1.26. The van der Waals surface area contributed by atoms with Crippen LogP contribution in [-0.2, 0) is 0 Å². The van der Waals surface area contributed by atoms with Gasteiger partial charge in [-0.2, -0.15) is 0 Å². The molecule has 1 rings (SSSR count). The van der Waals surface area contributed by atoms with Gasteiger partial charge in [0.15, 0.2) is 6.29 Å². The van der Waals surface area contributed by atoms with Crippen molar-refractivity contribution in [3.63, 3.8) is 0 Å². The lowest BCUT2D eigenvalue weighted by Gasteiger charge is -1.93. The van der Waals surface area contributed by atoms with Crippen LogP contribution in [0.5, 0.6) is 0 Å². The van der Waals surface area contributed by atoms with Crippen LogP contribution in [0.2, 0.25) is 0 Å². The van der Waals surface area contributed by atoms with Crippen molar-refractivity contribution in [2.75, 3.05) is 0 Å². The quantitative estimate of drug-likeness (QED) is 0.618. The Kier molecular flexibility index (Phi) is 2.83. The van der Waals surface area contributed by atoms with Gasteiger partial charge in [0, 0.05) is 0 Å². The van der Waals surface area contributed by atoms with E-state index in [1.165, 1.54) is 6.08 Å². The van der Waals surface area contributed by atoms with Crippen LogP contribution >= 0.6 is 0 Å². The van der Waals surface area contributed by atoms with E-state index in [9.17, 15) is 0 Å². The Morgan fingerprint density at radius 3 is 2.27 bits per heavy atom. The zero-order chi connectivity index (χ0) is 8.10. The molecular weight excluding hydrogens is 140 g/mol. The lowest BCUT2D eigenvalue weighted by Crippen LogP contribution is -1.96. The van der Waals surface area contributed by atoms with Gasteiger partial charge in [-0.05, 0) is 11.6 Å². The van der Waals surface area contributed by atoms with E-state index in [1.54, 1.807) is 6.08 Å². The average molecular weight is 150 g/mol. The predicted octanol–water partition coefficient (Wildman–Crippen LogP) is 1.01. The molecule has 1 aromatic carbocycles. The van der Waals surface area contributed by atoms with Crippen molar-refractivity contribution < 1.29 is 10.2 Å². The molecule has 0 spiro atoms. The zero-order valence-corrected chi connectivity index (χ0v) is 6.01. The van der Waals surface area contributed by atoms with Crippen LogP contribution in [0.25, 0.3) is 6.08 Å². The molecule has 0 aliphatic carbocycles. The van der Waals surface area contributed by atoms with Crippen LogP contribution in [0.1, 0.15) is 5.56 Å². The van der Waals surface area contributed by atoms with Crippen LogP contribution in [0.3, 0.4) is 0 Å². The number of hydrogen-bond acceptors (Lipinski definition) is 2. The molecule has 58 valence electrons. The van der Waals surface area contributed by atoms with Gasteiger partial charge in [-0.3, -0.25) is 0 Å². The number of rotatable bonds is 2. The zero-order valence-electron chi connectivity index (χ0n) is 6.01. The first-order valence-corrected chi connectivity index (χ1v) is 3.38. The predicted molar refractivity (Wildman–Crippen MR) is 43.7 cm³/mol. The highest BCUT2D eigenvalue weighted by Crippen LogP contribution is 2.00. The monoisotopic (exact) mass is 150 g/mol. The minimum absolute atomic E-state index is 0.959. The van der Waals surface area contributed by atoms with Crippen molar-refractivity contribution in [2.24, 2.45) is 0 Å². The molecule has 2 N–H and O–H groups in total. The van der Waals surface area contributed by atoms with E-state index in [0.29, 0.717) is 0 Å². The third-order valence-electron chi connectivity index (χ3n) is 1.26. The van der Waals surface area contributed by atoms with Crippen LogP contribution in [0.15, 0.2) is 36.4 Å². The second-order valence-corrected chi connectivity index (χ2v) is 2.18. The smallest absolute Gasteiger partial charge is 0.171 e. The highest BCUT2D eigenvalue weighted by molar-refractivity contribution is 5.48. The molecule has 0 heterocycles. The molecule has 0 saturated carbocycles. The fourth-order valence-electron chi connectivity index (χ4n) is 0.761. The molecule has 0 aliphatic rings. The molecule has 1 aromatic rings. The van der Waals surface area contributed by atoms with Crippen LogP contribution in [0.4, 0.5) is 0 Å². The third kappa shape index (κ3) is 2.98. The summed E-state index contributed by atoms with van der Waals surface area (Å²) in [5.74, 6) is 0. The summed E-state index contributed by atoms with van der Waals surface area (Å²) in [6, 6.07) is 9.47. The molecule has 11 heavy (non-hydrogen) atoms. The lowest BCUT2D eigenvalue weighted by atomic mass is 10.2. The summed E-state index contributed by atoms with van der Waals surface area (Å²) in [6.45, 7) is 0. The van der Waals surface area contributed by atoms with Crippen molar-refractivity contribution in [1.82, 2.24) is 0 Å². The van der Waals surface area contributed by atoms with Crippen LogP contribution in [0, 0.1) is 0 Å². The lowest BCUT2D eigenvalue weighted by molar-refractivity contribution is 0.00304. The number of benzene rings is 1. The molecule has 0 saturated heterocycles. The molecule has 0 bridgehead atoms. The van der Waals surface area contributed by atoms with Crippen molar-refractivity contribution in [3.05, 3.63) is 42.0 Å². The summed E-state index contributed by atoms with van der Waals surface area (Å²) in [4.78, 5) is 0. The molecule has 0 atom stereocenters. The van der Waals surface area contributed by atoms with Crippen molar-refractivity contribution in [2.45, 2.75) is 6.29 Å². The Balaban J connectivity index is 2.65. The van der Waals surface area contributed by atoms with Crippen LogP contribution < -0.4 is 0 Å². The number of hydrogen-bond donors (Lipinski definition) is 2. The van der Waals surface area contributed by atoms with Gasteiger partial charge in [-0.1, -0.05) is 36.4 Å². The molecule has 0 unspecified atom stereocenters. The van der Waals surface area contributed by atoms with Gasteiger partial charge in [-0.25, -0.2) is 0 Å². The Morgan fingerprint density at radius 2 is 1.73 bits per heavy atom. The molecule has 2 heteroatoms. The van der Waals surface area contributed by atoms with E-state index in [0.717, 1.165) is 5.56 Å². The van der Waals surface area contributed by atoms with Gasteiger partial charge in [0.1, 0.15) is 0 Å². The maximum absolute atomic E-state index is 8.48. The highest BCUT2D eigenvalue weighted by Gasteiger charge is 1.86. The first-order valence-electron chi connectivity index (χ1n) is 3.38. The van der Waals surface area contributed by atoms with Gasteiger partial charge in [0.25, 0.3) is 0 Å². The molecule has 2 nitrogen and oxygen atoms in total. The Morgan fingerprint density at radius 1 is 1.09 bits per heavy atom. The fourth-order valence-corrected chi connectivity index (χ4v) is 0.761. The van der Waals surface area contributed by atoms with Gasteiger partial charge >= 0.3 is 0 Å². The summed E-state index contributed by atoms with van der Waals surface area (Å²) in [5, 5.41) is 17.0. The van der Waals surface area contributed by atoms with Gasteiger partial charge in [0.2, 0.25) is 0 Å². The maximum atomic E-state index is 8.48. The minimum atomic E-state index is -1.37. The van der Waals surface area contributed by atoms with Crippen molar-refractivity contribution >= 4 is 6.08 Å². The van der Waals surface area contributed by atoms with Gasteiger partial charge in [-0.15, -0.1) is 0 Å². The van der Waals surface area contributed by atoms with E-state index in [2.05, 4.69) is 0 Å². The summed E-state index contributed by atoms with van der Waals surface area (Å²) in [7, 11) is 0. The molecule has 0 aliphatic heterocycles. The first-order chi connectivity index (χ1) is 5.29. The molecule has 0 radical (unpaired) electrons. The van der Waals surface area contributed by atoms with E-state index in [4.69, 9.17) is 10.2 Å². The largest absolute Gasteiger partial charge is 0.365 e. The normalized spacial score (nSPS) is 11.2. The van der Waals surface area contributed by atoms with Crippen LogP contribution in [-0.4, -0.2) is 16.5 Å². The first kappa shape index (κ1) is 7.98. The van der Waals surface area contributed by atoms with Crippen molar-refractivity contribution in [1.29, 1.82) is 0 Å². The summed E-state index contributed by atoms with van der Waals surface area (Å²) >= 11 is 0. The molecule has 0 aromatic heterocycles. The fraction of sp³-hybridized carbons (Fsp3) is 0.111.